The molecule has 4 heteroatoms. The zero-order chi connectivity index (χ0) is 14.5. The molecular weight excluding hydrogens is 282 g/mol. The first-order valence-electron chi connectivity index (χ1n) is 7.31. The van der Waals surface area contributed by atoms with Gasteiger partial charge in [-0.1, -0.05) is 30.3 Å². The van der Waals surface area contributed by atoms with Crippen LogP contribution in [0.5, 0.6) is 0 Å². The Hall–Kier alpha value is -1.52. The summed E-state index contributed by atoms with van der Waals surface area (Å²) in [4.78, 5) is 13.0. The van der Waals surface area contributed by atoms with Crippen molar-refractivity contribution >= 4 is 28.4 Å². The van der Waals surface area contributed by atoms with E-state index in [1.807, 2.05) is 12.1 Å². The quantitative estimate of drug-likeness (QED) is 0.862. The number of ether oxygens (including phenoxy) is 1. The fourth-order valence-electron chi connectivity index (χ4n) is 2.49. The van der Waals surface area contributed by atoms with E-state index in [4.69, 9.17) is 4.74 Å². The highest BCUT2D eigenvalue weighted by Crippen LogP contribution is 2.23. The van der Waals surface area contributed by atoms with Crippen LogP contribution in [0.4, 0.5) is 0 Å². The summed E-state index contributed by atoms with van der Waals surface area (Å²) in [5.74, 6) is 0.522. The summed E-state index contributed by atoms with van der Waals surface area (Å²) >= 11 is 1.57. The Morgan fingerprint density at radius 2 is 2.10 bits per heavy atom. The van der Waals surface area contributed by atoms with Gasteiger partial charge in [0, 0.05) is 18.0 Å². The zero-order valence-corrected chi connectivity index (χ0v) is 12.7. The van der Waals surface area contributed by atoms with Crippen molar-refractivity contribution in [3.8, 4) is 0 Å². The number of carbonyl (C=O) groups is 1. The first kappa shape index (κ1) is 14.4. The molecule has 0 radical (unpaired) electrons. The number of fused-ring (bicyclic) bond motifs is 1. The van der Waals surface area contributed by atoms with Crippen LogP contribution in [-0.2, 0) is 9.53 Å². The van der Waals surface area contributed by atoms with Gasteiger partial charge in [0.15, 0.2) is 0 Å². The predicted octanol–water partition coefficient (Wildman–Crippen LogP) is 3.23. The molecule has 0 bridgehead atoms. The van der Waals surface area contributed by atoms with E-state index in [9.17, 15) is 4.79 Å². The molecule has 1 saturated heterocycles. The first-order chi connectivity index (χ1) is 10.3. The van der Waals surface area contributed by atoms with Crippen molar-refractivity contribution in [2.24, 2.45) is 0 Å². The Balaban J connectivity index is 1.49. The molecule has 1 amide bonds. The smallest absolute Gasteiger partial charge is 0.230 e. The average molecular weight is 301 g/mol. The molecule has 1 atom stereocenters. The van der Waals surface area contributed by atoms with Crippen LogP contribution < -0.4 is 5.32 Å². The van der Waals surface area contributed by atoms with Crippen molar-refractivity contribution in [3.05, 3.63) is 42.5 Å². The van der Waals surface area contributed by atoms with Gasteiger partial charge >= 0.3 is 0 Å². The van der Waals surface area contributed by atoms with Crippen LogP contribution in [0.25, 0.3) is 10.8 Å². The molecule has 1 fully saturated rings. The minimum atomic E-state index is 0.0728. The highest BCUT2D eigenvalue weighted by molar-refractivity contribution is 8.00. The van der Waals surface area contributed by atoms with E-state index in [1.54, 1.807) is 11.8 Å². The molecule has 3 nitrogen and oxygen atoms in total. The summed E-state index contributed by atoms with van der Waals surface area (Å²) in [6.07, 6.45) is 2.37. The Morgan fingerprint density at radius 3 is 2.90 bits per heavy atom. The van der Waals surface area contributed by atoms with Crippen LogP contribution in [0.2, 0.25) is 0 Å². The number of benzene rings is 2. The van der Waals surface area contributed by atoms with Gasteiger partial charge in [0.1, 0.15) is 0 Å². The van der Waals surface area contributed by atoms with E-state index in [-0.39, 0.29) is 12.0 Å². The lowest BCUT2D eigenvalue weighted by Gasteiger charge is -2.10. The van der Waals surface area contributed by atoms with Gasteiger partial charge in [-0.05, 0) is 35.7 Å². The molecule has 2 aromatic carbocycles. The molecular formula is C17H19NO2S. The van der Waals surface area contributed by atoms with E-state index in [1.165, 1.54) is 10.8 Å². The molecule has 0 aliphatic carbocycles. The van der Waals surface area contributed by atoms with E-state index in [0.717, 1.165) is 24.3 Å². The van der Waals surface area contributed by atoms with E-state index in [0.29, 0.717) is 12.3 Å². The number of hydrogen-bond acceptors (Lipinski definition) is 3. The third kappa shape index (κ3) is 3.99. The maximum atomic E-state index is 11.8. The van der Waals surface area contributed by atoms with Gasteiger partial charge in [0.2, 0.25) is 5.91 Å². The van der Waals surface area contributed by atoms with Crippen molar-refractivity contribution in [3.63, 3.8) is 0 Å². The molecule has 1 N–H and O–H groups in total. The summed E-state index contributed by atoms with van der Waals surface area (Å²) in [6, 6.07) is 14.6. The van der Waals surface area contributed by atoms with Gasteiger partial charge in [-0.25, -0.2) is 0 Å². The van der Waals surface area contributed by atoms with Crippen molar-refractivity contribution in [2.75, 3.05) is 18.9 Å². The summed E-state index contributed by atoms with van der Waals surface area (Å²) in [7, 11) is 0. The van der Waals surface area contributed by atoms with Gasteiger partial charge in [-0.2, -0.15) is 0 Å². The van der Waals surface area contributed by atoms with Gasteiger partial charge in [-0.15, -0.1) is 11.8 Å². The number of nitrogens with one attached hydrogen (secondary N) is 1. The molecule has 3 rings (SSSR count). The summed E-state index contributed by atoms with van der Waals surface area (Å²) in [6.45, 7) is 1.46. The summed E-state index contributed by atoms with van der Waals surface area (Å²) < 4.78 is 5.49. The monoisotopic (exact) mass is 301 g/mol. The lowest BCUT2D eigenvalue weighted by atomic mass is 10.1. The molecule has 0 unspecified atom stereocenters. The fraction of sp³-hybridized carbons (Fsp3) is 0.353. The minimum Gasteiger partial charge on any atom is -0.376 e. The summed E-state index contributed by atoms with van der Waals surface area (Å²) in [5.41, 5.74) is 0. The topological polar surface area (TPSA) is 38.3 Å². The number of thioether (sulfide) groups is 1. The number of carbonyl (C=O) groups excluding carboxylic acids is 1. The van der Waals surface area contributed by atoms with E-state index in [2.05, 4.69) is 35.6 Å². The van der Waals surface area contributed by atoms with Crippen LogP contribution in [0, 0.1) is 0 Å². The lowest BCUT2D eigenvalue weighted by molar-refractivity contribution is -0.119. The molecule has 21 heavy (non-hydrogen) atoms. The Morgan fingerprint density at radius 1 is 1.24 bits per heavy atom. The van der Waals surface area contributed by atoms with Crippen molar-refractivity contribution in [1.82, 2.24) is 5.32 Å². The van der Waals surface area contributed by atoms with Crippen molar-refractivity contribution < 1.29 is 9.53 Å². The molecule has 110 valence electrons. The maximum Gasteiger partial charge on any atom is 0.230 e. The Bertz CT molecular complexity index is 623. The molecule has 0 saturated carbocycles. The molecule has 2 aromatic rings. The normalized spacial score (nSPS) is 18.0. The fourth-order valence-corrected chi connectivity index (χ4v) is 3.26. The first-order valence-corrected chi connectivity index (χ1v) is 8.30. The standard InChI is InChI=1S/C17H19NO2S/c19-17(18-11-15-6-3-9-20-15)12-21-16-8-7-13-4-1-2-5-14(13)10-16/h1-2,4-5,7-8,10,15H,3,6,9,11-12H2,(H,18,19)/t15-/m1/s1. The van der Waals surface area contributed by atoms with E-state index >= 15 is 0 Å². The van der Waals surface area contributed by atoms with E-state index < -0.39 is 0 Å². The average Bonchev–Trinajstić information content (AvgIpc) is 3.04. The molecule has 1 aliphatic rings. The third-order valence-corrected chi connectivity index (χ3v) is 4.64. The van der Waals surface area contributed by atoms with Crippen LogP contribution in [-0.4, -0.2) is 30.9 Å². The predicted molar refractivity (Wildman–Crippen MR) is 86.7 cm³/mol. The van der Waals surface area contributed by atoms with Crippen LogP contribution in [0.3, 0.4) is 0 Å². The second kappa shape index (κ2) is 6.96. The van der Waals surface area contributed by atoms with Gasteiger partial charge in [0.05, 0.1) is 11.9 Å². The van der Waals surface area contributed by atoms with Crippen molar-refractivity contribution in [2.45, 2.75) is 23.8 Å². The number of hydrogen-bond donors (Lipinski definition) is 1. The highest BCUT2D eigenvalue weighted by Gasteiger charge is 2.16. The Kier molecular flexibility index (Phi) is 4.78. The van der Waals surface area contributed by atoms with Crippen LogP contribution in [0.15, 0.2) is 47.4 Å². The lowest BCUT2D eigenvalue weighted by Crippen LogP contribution is -2.32. The molecule has 0 aromatic heterocycles. The third-order valence-electron chi connectivity index (χ3n) is 3.64. The van der Waals surface area contributed by atoms with Gasteiger partial charge in [0.25, 0.3) is 0 Å². The molecule has 1 heterocycles. The highest BCUT2D eigenvalue weighted by atomic mass is 32.2. The largest absolute Gasteiger partial charge is 0.376 e. The van der Waals surface area contributed by atoms with Crippen LogP contribution >= 0.6 is 11.8 Å². The Labute approximate surface area is 129 Å². The SMILES string of the molecule is O=C(CSc1ccc2ccccc2c1)NC[C@H]1CCCO1. The second-order valence-electron chi connectivity index (χ2n) is 5.24. The molecule has 0 spiro atoms. The van der Waals surface area contributed by atoms with Gasteiger partial charge in [-0.3, -0.25) is 4.79 Å². The second-order valence-corrected chi connectivity index (χ2v) is 6.29. The molecule has 1 aliphatic heterocycles. The van der Waals surface area contributed by atoms with Crippen LogP contribution in [0.1, 0.15) is 12.8 Å². The van der Waals surface area contributed by atoms with Gasteiger partial charge < -0.3 is 10.1 Å². The number of rotatable bonds is 5. The number of amides is 1. The maximum absolute atomic E-state index is 11.8. The zero-order valence-electron chi connectivity index (χ0n) is 11.9. The summed E-state index contributed by atoms with van der Waals surface area (Å²) in [5, 5.41) is 5.38. The van der Waals surface area contributed by atoms with Crippen molar-refractivity contribution in [1.29, 1.82) is 0 Å². The minimum absolute atomic E-state index is 0.0728.